The summed E-state index contributed by atoms with van der Waals surface area (Å²) in [6.07, 6.45) is 2.04. The zero-order valence-electron chi connectivity index (χ0n) is 20.3. The molecular formula is C27H32ClN5OS. The molecule has 35 heavy (non-hydrogen) atoms. The predicted octanol–water partition coefficient (Wildman–Crippen LogP) is 5.59. The Morgan fingerprint density at radius 2 is 1.80 bits per heavy atom. The molecule has 1 aliphatic heterocycles. The molecule has 4 rings (SSSR count). The van der Waals surface area contributed by atoms with Crippen LogP contribution in [0.5, 0.6) is 0 Å². The molecule has 0 unspecified atom stereocenters. The van der Waals surface area contributed by atoms with Gasteiger partial charge in [-0.25, -0.2) is 9.97 Å². The van der Waals surface area contributed by atoms with E-state index in [2.05, 4.69) is 58.2 Å². The molecule has 184 valence electrons. The zero-order valence-corrected chi connectivity index (χ0v) is 21.9. The number of aryl methyl sites for hydroxylation is 1. The predicted molar refractivity (Wildman–Crippen MR) is 146 cm³/mol. The van der Waals surface area contributed by atoms with Crippen LogP contribution in [0.3, 0.4) is 0 Å². The van der Waals surface area contributed by atoms with Gasteiger partial charge >= 0.3 is 0 Å². The van der Waals surface area contributed by atoms with Crippen molar-refractivity contribution in [3.05, 3.63) is 76.4 Å². The number of hydrogen-bond acceptors (Lipinski definition) is 6. The van der Waals surface area contributed by atoms with Crippen LogP contribution in [0.15, 0.2) is 59.8 Å². The van der Waals surface area contributed by atoms with Crippen LogP contribution >= 0.6 is 23.4 Å². The lowest BCUT2D eigenvalue weighted by atomic mass is 10.1. The molecule has 6 nitrogen and oxygen atoms in total. The van der Waals surface area contributed by atoms with E-state index in [1.165, 1.54) is 23.0 Å². The molecule has 1 amide bonds. The lowest BCUT2D eigenvalue weighted by molar-refractivity contribution is 0.0953. The molecule has 0 spiro atoms. The quantitative estimate of drug-likeness (QED) is 0.176. The second-order valence-electron chi connectivity index (χ2n) is 8.69. The van der Waals surface area contributed by atoms with Crippen LogP contribution in [0, 0.1) is 6.92 Å². The first kappa shape index (κ1) is 25.3. The van der Waals surface area contributed by atoms with Gasteiger partial charge in [0.1, 0.15) is 11.0 Å². The largest absolute Gasteiger partial charge is 0.368 e. The lowest BCUT2D eigenvalue weighted by Gasteiger charge is -2.37. The number of nitrogens with zero attached hydrogens (tertiary/aromatic N) is 4. The van der Waals surface area contributed by atoms with E-state index in [1.807, 2.05) is 30.3 Å². The summed E-state index contributed by atoms with van der Waals surface area (Å²) in [7, 11) is 0. The summed E-state index contributed by atoms with van der Waals surface area (Å²) in [5, 5.41) is 4.06. The molecule has 1 fully saturated rings. The maximum atomic E-state index is 12.4. The van der Waals surface area contributed by atoms with Crippen LogP contribution < -0.4 is 15.1 Å². The summed E-state index contributed by atoms with van der Waals surface area (Å²) in [4.78, 5) is 26.3. The molecule has 1 N–H and O–H groups in total. The van der Waals surface area contributed by atoms with Crippen molar-refractivity contribution < 1.29 is 4.79 Å². The number of carbonyl (C=O) groups is 1. The van der Waals surface area contributed by atoms with Gasteiger partial charge in [-0.2, -0.15) is 0 Å². The van der Waals surface area contributed by atoms with Gasteiger partial charge in [-0.05, 0) is 42.7 Å². The van der Waals surface area contributed by atoms with Crippen LogP contribution in [0.1, 0.15) is 41.3 Å². The third-order valence-electron chi connectivity index (χ3n) is 6.09. The van der Waals surface area contributed by atoms with E-state index in [4.69, 9.17) is 16.6 Å². The molecule has 1 aliphatic rings. The summed E-state index contributed by atoms with van der Waals surface area (Å²) in [5.41, 5.74) is 4.33. The van der Waals surface area contributed by atoms with E-state index in [0.29, 0.717) is 28.2 Å². The highest BCUT2D eigenvalue weighted by Gasteiger charge is 2.20. The van der Waals surface area contributed by atoms with Crippen LogP contribution in [0.2, 0.25) is 5.15 Å². The third-order valence-corrected chi connectivity index (χ3v) is 7.21. The van der Waals surface area contributed by atoms with E-state index in [1.54, 1.807) is 0 Å². The standard InChI is InChI=1S/C27H32ClN5OS/c1-3-4-12-29-26(34)22-10-7-9-21(17-22)19-35-27-30-24(28)18-25(31-27)33-15-13-32(14-16-33)23-11-6-5-8-20(23)2/h5-11,17-18H,3-4,12-16,19H2,1-2H3,(H,29,34). The highest BCUT2D eigenvalue weighted by Crippen LogP contribution is 2.27. The van der Waals surface area contributed by atoms with Crippen LogP contribution in [-0.4, -0.2) is 48.6 Å². The average Bonchev–Trinajstić information content (AvgIpc) is 2.88. The Morgan fingerprint density at radius 3 is 2.57 bits per heavy atom. The fourth-order valence-corrected chi connectivity index (χ4v) is 5.16. The minimum Gasteiger partial charge on any atom is -0.368 e. The number of carbonyl (C=O) groups excluding carboxylic acids is 1. The molecule has 0 atom stereocenters. The Hall–Kier alpha value is -2.77. The molecule has 2 aromatic carbocycles. The normalized spacial score (nSPS) is 13.7. The Bertz CT molecular complexity index is 1150. The van der Waals surface area contributed by atoms with Gasteiger partial charge in [0.2, 0.25) is 0 Å². The second-order valence-corrected chi connectivity index (χ2v) is 10.0. The molecule has 3 aromatic rings. The first-order valence-corrected chi connectivity index (χ1v) is 13.5. The fourth-order valence-electron chi connectivity index (χ4n) is 4.14. The zero-order chi connectivity index (χ0) is 24.6. The minimum absolute atomic E-state index is 0.0311. The van der Waals surface area contributed by atoms with E-state index >= 15 is 0 Å². The molecule has 8 heteroatoms. The average molecular weight is 510 g/mol. The van der Waals surface area contributed by atoms with E-state index in [-0.39, 0.29) is 5.91 Å². The number of nitrogens with one attached hydrogen (secondary N) is 1. The van der Waals surface area contributed by atoms with Gasteiger partial charge in [0.05, 0.1) is 0 Å². The molecule has 1 saturated heterocycles. The molecule has 1 aromatic heterocycles. The second kappa shape index (κ2) is 12.3. The molecule has 0 radical (unpaired) electrons. The van der Waals surface area contributed by atoms with Crippen molar-refractivity contribution in [3.8, 4) is 0 Å². The van der Waals surface area contributed by atoms with Gasteiger partial charge in [-0.15, -0.1) is 0 Å². The number of hydrogen-bond donors (Lipinski definition) is 1. The maximum Gasteiger partial charge on any atom is 0.251 e. The number of rotatable bonds is 9. The van der Waals surface area contributed by atoms with Gasteiger partial charge < -0.3 is 15.1 Å². The van der Waals surface area contributed by atoms with Crippen molar-refractivity contribution in [2.75, 3.05) is 42.5 Å². The van der Waals surface area contributed by atoms with Crippen molar-refractivity contribution in [2.24, 2.45) is 0 Å². The number of amides is 1. The summed E-state index contributed by atoms with van der Waals surface area (Å²) < 4.78 is 0. The smallest absolute Gasteiger partial charge is 0.251 e. The Balaban J connectivity index is 1.37. The van der Waals surface area contributed by atoms with Crippen molar-refractivity contribution in [1.82, 2.24) is 15.3 Å². The Kier molecular flexibility index (Phi) is 8.88. The Morgan fingerprint density at radius 1 is 1.03 bits per heavy atom. The SMILES string of the molecule is CCCCNC(=O)c1cccc(CSc2nc(Cl)cc(N3CCN(c4ccccc4C)CC3)n2)c1. The number of anilines is 2. The van der Waals surface area contributed by atoms with E-state index in [9.17, 15) is 4.79 Å². The maximum absolute atomic E-state index is 12.4. The van der Waals surface area contributed by atoms with Crippen LogP contribution in [0.25, 0.3) is 0 Å². The highest BCUT2D eigenvalue weighted by atomic mass is 35.5. The summed E-state index contributed by atoms with van der Waals surface area (Å²) in [6, 6.07) is 18.1. The Labute approximate surface area is 217 Å². The highest BCUT2D eigenvalue weighted by molar-refractivity contribution is 7.98. The van der Waals surface area contributed by atoms with Crippen molar-refractivity contribution >= 4 is 40.8 Å². The number of para-hydroxylation sites is 1. The molecule has 0 saturated carbocycles. The number of piperazine rings is 1. The van der Waals surface area contributed by atoms with Gasteiger partial charge in [0, 0.05) is 55.8 Å². The molecular weight excluding hydrogens is 478 g/mol. The van der Waals surface area contributed by atoms with Crippen molar-refractivity contribution in [2.45, 2.75) is 37.6 Å². The van der Waals surface area contributed by atoms with Crippen molar-refractivity contribution in [1.29, 1.82) is 0 Å². The lowest BCUT2D eigenvalue weighted by Crippen LogP contribution is -2.47. The fraction of sp³-hybridized carbons (Fsp3) is 0.370. The summed E-state index contributed by atoms with van der Waals surface area (Å²) >= 11 is 7.90. The van der Waals surface area contributed by atoms with E-state index < -0.39 is 0 Å². The number of halogens is 1. The number of benzene rings is 2. The topological polar surface area (TPSA) is 61.4 Å². The first-order valence-electron chi connectivity index (χ1n) is 12.1. The minimum atomic E-state index is -0.0311. The molecule has 0 bridgehead atoms. The summed E-state index contributed by atoms with van der Waals surface area (Å²) in [5.74, 6) is 1.49. The van der Waals surface area contributed by atoms with Crippen molar-refractivity contribution in [3.63, 3.8) is 0 Å². The third kappa shape index (κ3) is 6.89. The van der Waals surface area contributed by atoms with Crippen LogP contribution in [0.4, 0.5) is 11.5 Å². The summed E-state index contributed by atoms with van der Waals surface area (Å²) in [6.45, 7) is 8.58. The number of thioether (sulfide) groups is 1. The number of aromatic nitrogens is 2. The van der Waals surface area contributed by atoms with E-state index in [0.717, 1.165) is 50.4 Å². The monoisotopic (exact) mass is 509 g/mol. The van der Waals surface area contributed by atoms with Crippen LogP contribution in [-0.2, 0) is 5.75 Å². The van der Waals surface area contributed by atoms with Gasteiger partial charge in [0.25, 0.3) is 5.91 Å². The van der Waals surface area contributed by atoms with Gasteiger partial charge in [0.15, 0.2) is 5.16 Å². The first-order chi connectivity index (χ1) is 17.0. The van der Waals surface area contributed by atoms with Gasteiger partial charge in [-0.3, -0.25) is 4.79 Å². The molecule has 2 heterocycles. The van der Waals surface area contributed by atoms with Gasteiger partial charge in [-0.1, -0.05) is 67.0 Å². The molecule has 0 aliphatic carbocycles. The number of unbranched alkanes of at least 4 members (excludes halogenated alkanes) is 1.